The highest BCUT2D eigenvalue weighted by molar-refractivity contribution is 5.76. The lowest BCUT2D eigenvalue weighted by Crippen LogP contribution is -2.44. The first-order valence-electron chi connectivity index (χ1n) is 9.66. The van der Waals surface area contributed by atoms with Gasteiger partial charge in [-0.15, -0.1) is 10.2 Å². The van der Waals surface area contributed by atoms with Crippen molar-refractivity contribution >= 4 is 5.91 Å². The van der Waals surface area contributed by atoms with Crippen LogP contribution in [0, 0.1) is 13.8 Å². The molecule has 0 aromatic carbocycles. The number of aromatic amines is 1. The number of hydrogen-bond acceptors (Lipinski definition) is 5. The Kier molecular flexibility index (Phi) is 4.97. The van der Waals surface area contributed by atoms with Crippen molar-refractivity contribution in [1.82, 2.24) is 40.1 Å². The first-order chi connectivity index (χ1) is 13.5. The molecule has 1 saturated carbocycles. The van der Waals surface area contributed by atoms with Crippen molar-refractivity contribution in [2.45, 2.75) is 58.0 Å². The number of nitrogens with zero attached hydrogens (tertiary/aromatic N) is 6. The van der Waals surface area contributed by atoms with Gasteiger partial charge in [0.25, 0.3) is 0 Å². The van der Waals surface area contributed by atoms with Crippen molar-refractivity contribution in [2.24, 2.45) is 7.05 Å². The van der Waals surface area contributed by atoms with Crippen LogP contribution < -0.4 is 5.32 Å². The van der Waals surface area contributed by atoms with Crippen molar-refractivity contribution in [2.75, 3.05) is 0 Å². The van der Waals surface area contributed by atoms with Gasteiger partial charge in [-0.3, -0.25) is 14.6 Å². The van der Waals surface area contributed by atoms with Crippen LogP contribution in [0.2, 0.25) is 0 Å². The maximum Gasteiger partial charge on any atom is 0.220 e. The van der Waals surface area contributed by atoms with E-state index in [-0.39, 0.29) is 11.9 Å². The van der Waals surface area contributed by atoms with Crippen LogP contribution in [0.25, 0.3) is 0 Å². The third-order valence-corrected chi connectivity index (χ3v) is 5.67. The quantitative estimate of drug-likeness (QED) is 0.642. The van der Waals surface area contributed by atoms with Gasteiger partial charge in [-0.25, -0.2) is 0 Å². The molecule has 0 unspecified atom stereocenters. The smallest absolute Gasteiger partial charge is 0.220 e. The molecule has 0 spiro atoms. The molecule has 9 heteroatoms. The van der Waals surface area contributed by atoms with E-state index in [1.807, 2.05) is 42.4 Å². The number of H-pyrrole nitrogens is 1. The largest absolute Gasteiger partial charge is 0.353 e. The van der Waals surface area contributed by atoms with E-state index in [4.69, 9.17) is 0 Å². The summed E-state index contributed by atoms with van der Waals surface area (Å²) >= 11 is 0. The summed E-state index contributed by atoms with van der Waals surface area (Å²) in [6.45, 7) is 4.63. The second-order valence-corrected chi connectivity index (χ2v) is 7.59. The molecule has 1 aliphatic rings. The van der Waals surface area contributed by atoms with Crippen molar-refractivity contribution < 1.29 is 4.79 Å². The van der Waals surface area contributed by atoms with Crippen LogP contribution in [-0.4, -0.2) is 46.7 Å². The molecule has 4 rings (SSSR count). The molecule has 2 N–H and O–H groups in total. The lowest BCUT2D eigenvalue weighted by Gasteiger charge is -2.35. The Bertz CT molecular complexity index is 949. The second kappa shape index (κ2) is 7.57. The Morgan fingerprint density at radius 2 is 2.14 bits per heavy atom. The SMILES string of the molecule is Cc1[nH]nc(CCC(=O)NC2CC(c3nnc(Cn4cccn4)n3C)C2)c1C. The van der Waals surface area contributed by atoms with E-state index in [2.05, 4.69) is 30.8 Å². The van der Waals surface area contributed by atoms with Crippen LogP contribution in [-0.2, 0) is 24.8 Å². The van der Waals surface area contributed by atoms with E-state index in [1.165, 1.54) is 0 Å². The van der Waals surface area contributed by atoms with Gasteiger partial charge in [0.05, 0.1) is 5.69 Å². The normalized spacial score (nSPS) is 18.8. The van der Waals surface area contributed by atoms with Crippen LogP contribution in [0.4, 0.5) is 0 Å². The number of carbonyl (C=O) groups is 1. The summed E-state index contributed by atoms with van der Waals surface area (Å²) in [6, 6.07) is 2.11. The molecule has 3 aromatic rings. The van der Waals surface area contributed by atoms with Gasteiger partial charge in [-0.1, -0.05) is 0 Å². The molecule has 0 atom stereocenters. The summed E-state index contributed by atoms with van der Waals surface area (Å²) < 4.78 is 3.88. The van der Waals surface area contributed by atoms with Crippen molar-refractivity contribution in [1.29, 1.82) is 0 Å². The van der Waals surface area contributed by atoms with Crippen LogP contribution in [0.15, 0.2) is 18.5 Å². The Hall–Kier alpha value is -2.97. The minimum Gasteiger partial charge on any atom is -0.353 e. The molecule has 148 valence electrons. The lowest BCUT2D eigenvalue weighted by molar-refractivity contribution is -0.122. The zero-order valence-electron chi connectivity index (χ0n) is 16.5. The second-order valence-electron chi connectivity index (χ2n) is 7.59. The molecule has 0 saturated heterocycles. The van der Waals surface area contributed by atoms with E-state index in [1.54, 1.807) is 6.20 Å². The first kappa shape index (κ1) is 18.4. The highest BCUT2D eigenvalue weighted by Crippen LogP contribution is 2.36. The molecule has 0 aliphatic heterocycles. The fourth-order valence-electron chi connectivity index (χ4n) is 3.66. The number of amides is 1. The highest BCUT2D eigenvalue weighted by atomic mass is 16.1. The average molecular weight is 382 g/mol. The van der Waals surface area contributed by atoms with E-state index in [9.17, 15) is 4.79 Å². The molecule has 3 aromatic heterocycles. The Balaban J connectivity index is 1.25. The third-order valence-electron chi connectivity index (χ3n) is 5.67. The Morgan fingerprint density at radius 1 is 1.32 bits per heavy atom. The first-order valence-corrected chi connectivity index (χ1v) is 9.66. The number of nitrogens with one attached hydrogen (secondary N) is 2. The molecule has 28 heavy (non-hydrogen) atoms. The summed E-state index contributed by atoms with van der Waals surface area (Å²) in [7, 11) is 1.99. The highest BCUT2D eigenvalue weighted by Gasteiger charge is 2.34. The van der Waals surface area contributed by atoms with Crippen molar-refractivity contribution in [3.05, 3.63) is 47.1 Å². The maximum absolute atomic E-state index is 12.2. The Morgan fingerprint density at radius 3 is 2.82 bits per heavy atom. The van der Waals surface area contributed by atoms with Crippen LogP contribution in [0.5, 0.6) is 0 Å². The van der Waals surface area contributed by atoms with Crippen LogP contribution in [0.3, 0.4) is 0 Å². The van der Waals surface area contributed by atoms with E-state index >= 15 is 0 Å². The number of aryl methyl sites for hydroxylation is 2. The molecule has 1 fully saturated rings. The minimum absolute atomic E-state index is 0.0841. The molecular weight excluding hydrogens is 356 g/mol. The number of hydrogen-bond donors (Lipinski definition) is 2. The van der Waals surface area contributed by atoms with Crippen LogP contribution >= 0.6 is 0 Å². The standard InChI is InChI=1S/C19H26N8O/c1-12-13(2)22-23-16(12)5-6-18(28)21-15-9-14(10-15)19-25-24-17(26(19)3)11-27-8-4-7-20-27/h4,7-8,14-15H,5-6,9-11H2,1-3H3,(H,21,28)(H,22,23). The van der Waals surface area contributed by atoms with Crippen molar-refractivity contribution in [3.63, 3.8) is 0 Å². The number of carbonyl (C=O) groups excluding carboxylic acids is 1. The molecule has 9 nitrogen and oxygen atoms in total. The zero-order valence-corrected chi connectivity index (χ0v) is 16.5. The Labute approximate surface area is 163 Å². The van der Waals surface area contributed by atoms with Crippen molar-refractivity contribution in [3.8, 4) is 0 Å². The van der Waals surface area contributed by atoms with Gasteiger partial charge in [-0.05, 0) is 38.3 Å². The summed E-state index contributed by atoms with van der Waals surface area (Å²) in [4.78, 5) is 12.2. The molecule has 0 bridgehead atoms. The minimum atomic E-state index is 0.0841. The molecule has 3 heterocycles. The topological polar surface area (TPSA) is 106 Å². The van der Waals surface area contributed by atoms with Gasteiger partial charge < -0.3 is 9.88 Å². The predicted octanol–water partition coefficient (Wildman–Crippen LogP) is 1.39. The maximum atomic E-state index is 12.2. The monoisotopic (exact) mass is 382 g/mol. The van der Waals surface area contributed by atoms with Gasteiger partial charge in [0, 0.05) is 49.9 Å². The fraction of sp³-hybridized carbons (Fsp3) is 0.526. The molecule has 1 aliphatic carbocycles. The van der Waals surface area contributed by atoms with Gasteiger partial charge in [0.2, 0.25) is 5.91 Å². The van der Waals surface area contributed by atoms with Gasteiger partial charge in [-0.2, -0.15) is 10.2 Å². The van der Waals surface area contributed by atoms with E-state index in [0.717, 1.165) is 41.4 Å². The predicted molar refractivity (Wildman–Crippen MR) is 103 cm³/mol. The van der Waals surface area contributed by atoms with Gasteiger partial charge >= 0.3 is 0 Å². The molecule has 0 radical (unpaired) electrons. The average Bonchev–Trinajstić information content (AvgIpc) is 3.35. The number of rotatable bonds is 7. The summed E-state index contributed by atoms with van der Waals surface area (Å²) in [6.07, 6.45) is 6.60. The molecule has 1 amide bonds. The summed E-state index contributed by atoms with van der Waals surface area (Å²) in [5, 5.41) is 23.2. The number of aromatic nitrogens is 7. The third kappa shape index (κ3) is 3.69. The molecular formula is C19H26N8O. The lowest BCUT2D eigenvalue weighted by atomic mass is 9.79. The van der Waals surface area contributed by atoms with E-state index < -0.39 is 0 Å². The zero-order chi connectivity index (χ0) is 19.7. The fourth-order valence-corrected chi connectivity index (χ4v) is 3.66. The summed E-state index contributed by atoms with van der Waals surface area (Å²) in [5.74, 6) is 2.29. The van der Waals surface area contributed by atoms with Gasteiger partial charge in [0.15, 0.2) is 5.82 Å². The van der Waals surface area contributed by atoms with E-state index in [0.29, 0.717) is 25.3 Å². The summed E-state index contributed by atoms with van der Waals surface area (Å²) in [5.41, 5.74) is 3.18. The van der Waals surface area contributed by atoms with Gasteiger partial charge in [0.1, 0.15) is 12.4 Å². The van der Waals surface area contributed by atoms with Crippen LogP contribution in [0.1, 0.15) is 53.8 Å².